The van der Waals surface area contributed by atoms with Crippen molar-refractivity contribution in [2.45, 2.75) is 105 Å². The molecule has 0 aliphatic rings. The van der Waals surface area contributed by atoms with Crippen molar-refractivity contribution < 1.29 is 32.7 Å². The average molecular weight is 609 g/mol. The molecule has 1 heterocycles. The Labute approximate surface area is 241 Å². The number of fused-ring (bicyclic) bond motifs is 1. The van der Waals surface area contributed by atoms with Crippen molar-refractivity contribution in [1.82, 2.24) is 4.98 Å². The molecule has 9 heteroatoms. The summed E-state index contributed by atoms with van der Waals surface area (Å²) in [7, 11) is -4.42. The quantitative estimate of drug-likeness (QED) is 0.247. The molecule has 0 unspecified atom stereocenters. The third-order valence-electron chi connectivity index (χ3n) is 3.42. The van der Waals surface area contributed by atoms with Gasteiger partial charge < -0.3 is 14.3 Å². The molecule has 0 bridgehead atoms. The summed E-state index contributed by atoms with van der Waals surface area (Å²) in [6.07, 6.45) is 1.85. The van der Waals surface area contributed by atoms with E-state index in [0.29, 0.717) is 0 Å². The van der Waals surface area contributed by atoms with Crippen LogP contribution < -0.4 is 4.98 Å². The van der Waals surface area contributed by atoms with Gasteiger partial charge in [-0.1, -0.05) is 142 Å². The molecule has 34 heavy (non-hydrogen) atoms. The third-order valence-corrected chi connectivity index (χ3v) is 14.1. The molecule has 0 amide bonds. The summed E-state index contributed by atoms with van der Waals surface area (Å²) >= 11 is 0. The molecule has 0 saturated heterocycles. The van der Waals surface area contributed by atoms with Crippen molar-refractivity contribution in [3.8, 4) is 0 Å². The summed E-state index contributed by atoms with van der Waals surface area (Å²) < 4.78 is 9.64. The SMILES string of the molecule is CC(C)(C)N=Cc1cc2ccccc2[n-]1.C[Si](C)(C)[N-][Si](C)(C)C.C[Si](C)(C)[N-][Si](C)(C)C.[Y+3]. The molecule has 0 spiro atoms. The van der Waals surface area contributed by atoms with Crippen LogP contribution in [-0.2, 0) is 32.7 Å². The van der Waals surface area contributed by atoms with E-state index in [4.69, 9.17) is 9.30 Å². The van der Waals surface area contributed by atoms with E-state index in [0.717, 1.165) is 11.2 Å². The molecule has 0 aliphatic heterocycles. The largest absolute Gasteiger partial charge is 3.00 e. The number of aliphatic imine (C=N–C) groups is 1. The first-order valence-electron chi connectivity index (χ1n) is 12.0. The van der Waals surface area contributed by atoms with Gasteiger partial charge in [0.1, 0.15) is 0 Å². The molecule has 0 fully saturated rings. The average Bonchev–Trinajstić information content (AvgIpc) is 2.89. The number of para-hydroxylation sites is 1. The van der Waals surface area contributed by atoms with E-state index in [1.54, 1.807) is 0 Å². The van der Waals surface area contributed by atoms with Crippen LogP contribution in [0.25, 0.3) is 20.2 Å². The van der Waals surface area contributed by atoms with Crippen molar-refractivity contribution in [3.05, 3.63) is 45.3 Å². The maximum atomic E-state index is 4.82. The van der Waals surface area contributed by atoms with Crippen LogP contribution in [0, 0.1) is 0 Å². The van der Waals surface area contributed by atoms with Crippen LogP contribution in [0.15, 0.2) is 35.3 Å². The molecular weight excluding hydrogens is 558 g/mol. The molecule has 190 valence electrons. The van der Waals surface area contributed by atoms with Gasteiger partial charge in [0, 0.05) is 6.21 Å². The van der Waals surface area contributed by atoms with Crippen LogP contribution >= 0.6 is 0 Å². The molecule has 2 rings (SSSR count). The Morgan fingerprint density at radius 1 is 0.706 bits per heavy atom. The van der Waals surface area contributed by atoms with Crippen molar-refractivity contribution in [2.75, 3.05) is 0 Å². The van der Waals surface area contributed by atoms with Crippen molar-refractivity contribution >= 4 is 50.1 Å². The molecule has 2 aromatic rings. The van der Waals surface area contributed by atoms with Crippen LogP contribution in [0.3, 0.4) is 0 Å². The van der Waals surface area contributed by atoms with Gasteiger partial charge in [0.25, 0.3) is 0 Å². The zero-order valence-electron chi connectivity index (χ0n) is 24.8. The van der Waals surface area contributed by atoms with Crippen LogP contribution in [0.2, 0.25) is 78.6 Å². The summed E-state index contributed by atoms with van der Waals surface area (Å²) in [5.74, 6) is 0. The van der Waals surface area contributed by atoms with Gasteiger partial charge >= 0.3 is 32.7 Å². The van der Waals surface area contributed by atoms with E-state index >= 15 is 0 Å². The van der Waals surface area contributed by atoms with Crippen molar-refractivity contribution in [1.29, 1.82) is 0 Å². The van der Waals surface area contributed by atoms with Gasteiger partial charge in [-0.25, -0.2) is 0 Å². The van der Waals surface area contributed by atoms with Gasteiger partial charge in [0.15, 0.2) is 0 Å². The molecule has 0 aliphatic carbocycles. The van der Waals surface area contributed by atoms with Gasteiger partial charge in [0.05, 0.1) is 5.54 Å². The smallest absolute Gasteiger partial charge is 0.668 e. The van der Waals surface area contributed by atoms with Gasteiger partial charge in [-0.2, -0.15) is 0 Å². The fourth-order valence-electron chi connectivity index (χ4n) is 3.38. The molecule has 1 aromatic carbocycles. The van der Waals surface area contributed by atoms with Gasteiger partial charge in [0.2, 0.25) is 0 Å². The van der Waals surface area contributed by atoms with Crippen molar-refractivity contribution in [3.63, 3.8) is 0 Å². The Morgan fingerprint density at radius 3 is 1.38 bits per heavy atom. The number of nitrogens with zero attached hydrogens (tertiary/aromatic N) is 4. The van der Waals surface area contributed by atoms with Crippen LogP contribution in [0.4, 0.5) is 0 Å². The van der Waals surface area contributed by atoms with E-state index in [2.05, 4.69) is 121 Å². The number of rotatable bonds is 5. The predicted octanol–water partition coefficient (Wildman–Crippen LogP) is 9.07. The standard InChI is InChI=1S/C13H15N2.2C6H18NSi2.Y/c1-13(2,3)14-9-11-8-10-6-4-5-7-12(10)15-11;2*1-8(2,3)7-9(4,5)6;/h4-9H,1-3H3;2*1-6H3;/q3*-1;+3. The number of benzene rings is 1. The monoisotopic (exact) mass is 608 g/mol. The molecule has 4 nitrogen and oxygen atoms in total. The van der Waals surface area contributed by atoms with E-state index in [9.17, 15) is 0 Å². The summed E-state index contributed by atoms with van der Waals surface area (Å²) in [4.78, 5) is 8.90. The first-order valence-corrected chi connectivity index (χ1v) is 25.8. The van der Waals surface area contributed by atoms with Gasteiger partial charge in [-0.05, 0) is 26.2 Å². The van der Waals surface area contributed by atoms with Crippen LogP contribution in [-0.4, -0.2) is 44.7 Å². The molecule has 0 atom stereocenters. The Kier molecular flexibility index (Phi) is 15.4. The Bertz CT molecular complexity index is 779. The normalized spacial score (nSPS) is 13.0. The molecule has 0 N–H and O–H groups in total. The second-order valence-corrected chi connectivity index (χ2v) is 32.7. The van der Waals surface area contributed by atoms with E-state index in [1.165, 1.54) is 5.39 Å². The van der Waals surface area contributed by atoms with Gasteiger partial charge in [-0.3, -0.25) is 4.99 Å². The van der Waals surface area contributed by atoms with E-state index < -0.39 is 32.9 Å². The summed E-state index contributed by atoms with van der Waals surface area (Å²) in [5, 5.41) is 1.17. The van der Waals surface area contributed by atoms with Crippen LogP contribution in [0.5, 0.6) is 0 Å². The summed E-state index contributed by atoms with van der Waals surface area (Å²) in [6.45, 7) is 33.8. The topological polar surface area (TPSA) is 54.7 Å². The number of aromatic nitrogens is 1. The molecular formula is C25H51N4Si4Y. The van der Waals surface area contributed by atoms with Crippen molar-refractivity contribution in [2.24, 2.45) is 4.99 Å². The minimum absolute atomic E-state index is 0. The second kappa shape index (κ2) is 14.3. The maximum Gasteiger partial charge on any atom is 3.00 e. The van der Waals surface area contributed by atoms with E-state index in [-0.39, 0.29) is 38.2 Å². The fraction of sp³-hybridized carbons (Fsp3) is 0.640. The van der Waals surface area contributed by atoms with Gasteiger partial charge in [-0.15, -0.1) is 11.2 Å². The molecule has 0 saturated carbocycles. The molecule has 0 radical (unpaired) electrons. The first kappa shape index (κ1) is 36.5. The first-order chi connectivity index (χ1) is 14.5. The van der Waals surface area contributed by atoms with E-state index in [1.807, 2.05) is 24.4 Å². The fourth-order valence-corrected chi connectivity index (χ4v) is 19.5. The Morgan fingerprint density at radius 2 is 1.09 bits per heavy atom. The summed E-state index contributed by atoms with van der Waals surface area (Å²) in [5.41, 5.74) is 1.93. The predicted molar refractivity (Wildman–Crippen MR) is 165 cm³/mol. The third kappa shape index (κ3) is 22.8. The zero-order valence-corrected chi connectivity index (χ0v) is 31.7. The Balaban J connectivity index is 0. The minimum Gasteiger partial charge on any atom is -0.668 e. The number of hydrogen-bond donors (Lipinski definition) is 0. The number of hydrogen-bond acceptors (Lipinski definition) is 1. The second-order valence-electron chi connectivity index (χ2n) is 13.6. The maximum absolute atomic E-state index is 4.82. The minimum atomic E-state index is -1.11. The molecule has 1 aromatic heterocycles. The zero-order chi connectivity index (χ0) is 26.3. The van der Waals surface area contributed by atoms with Crippen LogP contribution in [0.1, 0.15) is 26.5 Å². The Hall–Kier alpha value is 0.321. The summed E-state index contributed by atoms with van der Waals surface area (Å²) in [6, 6.07) is 10.2.